The number of sulfonamides is 1. The van der Waals surface area contributed by atoms with Gasteiger partial charge in [0.1, 0.15) is 0 Å². The standard InChI is InChI=1S/C18H27N3O3S/c1-15-5-2-3-13-21(15)25(23,24)17-8-6-16(7-9-17)18(22)20-12-4-10-19-11-14-20/h6-9,15,19H,2-5,10-14H2,1H3. The zero-order valence-corrected chi connectivity index (χ0v) is 15.6. The third kappa shape index (κ3) is 4.04. The van der Waals surface area contributed by atoms with Crippen molar-refractivity contribution in [2.24, 2.45) is 0 Å². The lowest BCUT2D eigenvalue weighted by Gasteiger charge is -2.32. The van der Waals surface area contributed by atoms with Crippen LogP contribution in [0.25, 0.3) is 0 Å². The maximum atomic E-state index is 12.8. The third-order valence-corrected chi connectivity index (χ3v) is 7.10. The molecule has 1 amide bonds. The number of piperidine rings is 1. The Bertz CT molecular complexity index is 695. The zero-order chi connectivity index (χ0) is 17.9. The second-order valence-electron chi connectivity index (χ2n) is 6.88. The van der Waals surface area contributed by atoms with Gasteiger partial charge < -0.3 is 10.2 Å². The first-order chi connectivity index (χ1) is 12.0. The molecule has 1 aromatic carbocycles. The Morgan fingerprint density at radius 3 is 2.52 bits per heavy atom. The van der Waals surface area contributed by atoms with Gasteiger partial charge in [-0.3, -0.25) is 4.79 Å². The molecule has 2 aliphatic heterocycles. The van der Waals surface area contributed by atoms with Crippen molar-refractivity contribution in [3.63, 3.8) is 0 Å². The van der Waals surface area contributed by atoms with Crippen LogP contribution in [0.2, 0.25) is 0 Å². The minimum Gasteiger partial charge on any atom is -0.337 e. The van der Waals surface area contributed by atoms with Crippen molar-refractivity contribution in [1.82, 2.24) is 14.5 Å². The Balaban J connectivity index is 1.76. The number of carbonyl (C=O) groups excluding carboxylic acids is 1. The summed E-state index contributed by atoms with van der Waals surface area (Å²) in [5.41, 5.74) is 0.549. The van der Waals surface area contributed by atoms with Gasteiger partial charge in [0.15, 0.2) is 0 Å². The van der Waals surface area contributed by atoms with E-state index >= 15 is 0 Å². The maximum absolute atomic E-state index is 12.8. The van der Waals surface area contributed by atoms with E-state index < -0.39 is 10.0 Å². The van der Waals surface area contributed by atoms with Crippen LogP contribution in [0, 0.1) is 0 Å². The quantitative estimate of drug-likeness (QED) is 0.885. The molecule has 1 atom stereocenters. The van der Waals surface area contributed by atoms with E-state index in [1.165, 1.54) is 0 Å². The van der Waals surface area contributed by atoms with Gasteiger partial charge >= 0.3 is 0 Å². The highest BCUT2D eigenvalue weighted by atomic mass is 32.2. The van der Waals surface area contributed by atoms with E-state index in [1.54, 1.807) is 28.6 Å². The first kappa shape index (κ1) is 18.4. The second kappa shape index (κ2) is 7.85. The van der Waals surface area contributed by atoms with E-state index in [0.29, 0.717) is 18.7 Å². The number of hydrogen-bond donors (Lipinski definition) is 1. The number of amides is 1. The zero-order valence-electron chi connectivity index (χ0n) is 14.8. The van der Waals surface area contributed by atoms with Crippen LogP contribution in [0.3, 0.4) is 0 Å². The number of hydrogen-bond acceptors (Lipinski definition) is 4. The molecule has 6 nitrogen and oxygen atoms in total. The first-order valence-corrected chi connectivity index (χ1v) is 10.6. The second-order valence-corrected chi connectivity index (χ2v) is 8.77. The Kier molecular flexibility index (Phi) is 5.76. The number of carbonyl (C=O) groups is 1. The predicted molar refractivity (Wildman–Crippen MR) is 97.0 cm³/mol. The van der Waals surface area contributed by atoms with Gasteiger partial charge in [0.05, 0.1) is 4.90 Å². The van der Waals surface area contributed by atoms with Gasteiger partial charge in [-0.05, 0) is 57.0 Å². The van der Waals surface area contributed by atoms with E-state index in [9.17, 15) is 13.2 Å². The van der Waals surface area contributed by atoms with Crippen molar-refractivity contribution in [2.45, 2.75) is 43.5 Å². The summed E-state index contributed by atoms with van der Waals surface area (Å²) in [6.07, 6.45) is 3.82. The van der Waals surface area contributed by atoms with Crippen LogP contribution < -0.4 is 5.32 Å². The lowest BCUT2D eigenvalue weighted by Crippen LogP contribution is -2.41. The first-order valence-electron chi connectivity index (χ1n) is 9.12. The molecule has 25 heavy (non-hydrogen) atoms. The molecule has 2 fully saturated rings. The molecular formula is C18H27N3O3S. The van der Waals surface area contributed by atoms with Crippen molar-refractivity contribution in [1.29, 1.82) is 0 Å². The van der Waals surface area contributed by atoms with E-state index in [4.69, 9.17) is 0 Å². The molecule has 2 aliphatic rings. The van der Waals surface area contributed by atoms with Crippen molar-refractivity contribution in [2.75, 3.05) is 32.7 Å². The molecule has 1 aromatic rings. The molecule has 7 heteroatoms. The summed E-state index contributed by atoms with van der Waals surface area (Å²) in [6.45, 7) is 5.67. The SMILES string of the molecule is CC1CCCCN1S(=O)(=O)c1ccc(C(=O)N2CCCNCC2)cc1. The fraction of sp³-hybridized carbons (Fsp3) is 0.611. The number of rotatable bonds is 3. The number of nitrogens with zero attached hydrogens (tertiary/aromatic N) is 2. The van der Waals surface area contributed by atoms with Crippen LogP contribution in [0.1, 0.15) is 43.0 Å². The normalized spacial score (nSPS) is 23.2. The summed E-state index contributed by atoms with van der Waals surface area (Å²) in [5, 5.41) is 3.27. The molecule has 0 aromatic heterocycles. The fourth-order valence-electron chi connectivity index (χ4n) is 3.57. The highest BCUT2D eigenvalue weighted by Gasteiger charge is 2.31. The minimum absolute atomic E-state index is 0.0287. The van der Waals surface area contributed by atoms with Crippen molar-refractivity contribution < 1.29 is 13.2 Å². The molecule has 2 heterocycles. The minimum atomic E-state index is -3.49. The monoisotopic (exact) mass is 365 g/mol. The Morgan fingerprint density at radius 2 is 1.80 bits per heavy atom. The Labute approximate surface area is 150 Å². The average Bonchev–Trinajstić information content (AvgIpc) is 2.91. The molecule has 138 valence electrons. The largest absolute Gasteiger partial charge is 0.337 e. The number of nitrogens with one attached hydrogen (secondary N) is 1. The highest BCUT2D eigenvalue weighted by molar-refractivity contribution is 7.89. The lowest BCUT2D eigenvalue weighted by molar-refractivity contribution is 0.0766. The topological polar surface area (TPSA) is 69.7 Å². The van der Waals surface area contributed by atoms with Crippen LogP contribution in [0.15, 0.2) is 29.2 Å². The fourth-order valence-corrected chi connectivity index (χ4v) is 5.26. The predicted octanol–water partition coefficient (Wildman–Crippen LogP) is 1.69. The van der Waals surface area contributed by atoms with E-state index in [2.05, 4.69) is 5.32 Å². The lowest BCUT2D eigenvalue weighted by atomic mass is 10.1. The maximum Gasteiger partial charge on any atom is 0.253 e. The van der Waals surface area contributed by atoms with Gasteiger partial charge in [0, 0.05) is 37.8 Å². The summed E-state index contributed by atoms with van der Waals surface area (Å²) in [7, 11) is -3.49. The molecule has 0 spiro atoms. The summed E-state index contributed by atoms with van der Waals surface area (Å²) in [6, 6.07) is 6.45. The molecule has 0 radical (unpaired) electrons. The molecule has 1 unspecified atom stereocenters. The summed E-state index contributed by atoms with van der Waals surface area (Å²) in [5.74, 6) is -0.0287. The van der Waals surface area contributed by atoms with Crippen LogP contribution in [-0.2, 0) is 10.0 Å². The average molecular weight is 365 g/mol. The van der Waals surface area contributed by atoms with Crippen molar-refractivity contribution in [3.05, 3.63) is 29.8 Å². The van der Waals surface area contributed by atoms with E-state index in [1.807, 2.05) is 11.8 Å². The van der Waals surface area contributed by atoms with Gasteiger partial charge in [-0.25, -0.2) is 8.42 Å². The van der Waals surface area contributed by atoms with E-state index in [-0.39, 0.29) is 16.8 Å². The molecule has 1 N–H and O–H groups in total. The molecule has 0 saturated carbocycles. The smallest absolute Gasteiger partial charge is 0.253 e. The summed E-state index contributed by atoms with van der Waals surface area (Å²) in [4.78, 5) is 14.7. The van der Waals surface area contributed by atoms with Gasteiger partial charge in [-0.2, -0.15) is 4.31 Å². The summed E-state index contributed by atoms with van der Waals surface area (Å²) < 4.78 is 27.3. The molecule has 0 bridgehead atoms. The van der Waals surface area contributed by atoms with Gasteiger partial charge in [0.2, 0.25) is 10.0 Å². The summed E-state index contributed by atoms with van der Waals surface area (Å²) >= 11 is 0. The van der Waals surface area contributed by atoms with Crippen molar-refractivity contribution in [3.8, 4) is 0 Å². The molecule has 3 rings (SSSR count). The third-order valence-electron chi connectivity index (χ3n) is 5.08. The highest BCUT2D eigenvalue weighted by Crippen LogP contribution is 2.25. The van der Waals surface area contributed by atoms with Gasteiger partial charge in [-0.15, -0.1) is 0 Å². The number of benzene rings is 1. The van der Waals surface area contributed by atoms with Crippen LogP contribution in [0.4, 0.5) is 0 Å². The van der Waals surface area contributed by atoms with Crippen LogP contribution in [0.5, 0.6) is 0 Å². The molecule has 0 aliphatic carbocycles. The van der Waals surface area contributed by atoms with Gasteiger partial charge in [0.25, 0.3) is 5.91 Å². The van der Waals surface area contributed by atoms with Gasteiger partial charge in [-0.1, -0.05) is 6.42 Å². The molecular weight excluding hydrogens is 338 g/mol. The Morgan fingerprint density at radius 1 is 1.04 bits per heavy atom. The van der Waals surface area contributed by atoms with Crippen LogP contribution in [-0.4, -0.2) is 62.3 Å². The molecule has 2 saturated heterocycles. The van der Waals surface area contributed by atoms with Crippen molar-refractivity contribution >= 4 is 15.9 Å². The van der Waals surface area contributed by atoms with E-state index in [0.717, 1.165) is 45.3 Å². The Hall–Kier alpha value is -1.44. The van der Waals surface area contributed by atoms with Crippen LogP contribution >= 0.6 is 0 Å².